The molecule has 2 aromatic rings. The monoisotopic (exact) mass is 444 g/mol. The number of hydrogen-bond donors (Lipinski definition) is 2. The molecular formula is C22H28N4O4S. The van der Waals surface area contributed by atoms with Crippen LogP contribution in [0, 0.1) is 0 Å². The van der Waals surface area contributed by atoms with Crippen LogP contribution in [-0.2, 0) is 14.8 Å². The fraction of sp³-hybridized carbons (Fsp3) is 0.364. The summed E-state index contributed by atoms with van der Waals surface area (Å²) in [5, 5.41) is 5.33. The van der Waals surface area contributed by atoms with Gasteiger partial charge in [0.15, 0.2) is 0 Å². The first-order valence-corrected chi connectivity index (χ1v) is 11.7. The lowest BCUT2D eigenvalue weighted by Gasteiger charge is -2.29. The van der Waals surface area contributed by atoms with Crippen LogP contribution in [0.4, 0.5) is 11.4 Å². The van der Waals surface area contributed by atoms with Gasteiger partial charge in [0, 0.05) is 44.1 Å². The maximum atomic E-state index is 12.4. The van der Waals surface area contributed by atoms with Gasteiger partial charge in [0.1, 0.15) is 0 Å². The van der Waals surface area contributed by atoms with Crippen molar-refractivity contribution < 1.29 is 18.0 Å². The van der Waals surface area contributed by atoms with Crippen LogP contribution in [0.2, 0.25) is 0 Å². The fourth-order valence-electron chi connectivity index (χ4n) is 3.41. The zero-order valence-corrected chi connectivity index (χ0v) is 18.6. The topological polar surface area (TPSA) is 98.8 Å². The number of carbonyl (C=O) groups is 2. The van der Waals surface area contributed by atoms with Crippen molar-refractivity contribution in [3.05, 3.63) is 54.1 Å². The molecule has 0 unspecified atom stereocenters. The first-order valence-electron chi connectivity index (χ1n) is 10.2. The van der Waals surface area contributed by atoms with Crippen molar-refractivity contribution in [2.45, 2.75) is 24.2 Å². The van der Waals surface area contributed by atoms with E-state index in [1.54, 1.807) is 0 Å². The van der Waals surface area contributed by atoms with Crippen molar-refractivity contribution in [3.63, 3.8) is 0 Å². The van der Waals surface area contributed by atoms with Gasteiger partial charge in [-0.1, -0.05) is 12.1 Å². The van der Waals surface area contributed by atoms with Crippen LogP contribution in [0.3, 0.4) is 0 Å². The number of rotatable bonds is 7. The van der Waals surface area contributed by atoms with Gasteiger partial charge in [-0.2, -0.15) is 0 Å². The minimum atomic E-state index is -3.65. The largest absolute Gasteiger partial charge is 0.371 e. The Morgan fingerprint density at radius 2 is 1.71 bits per heavy atom. The normalized spacial score (nSPS) is 14.4. The second-order valence-corrected chi connectivity index (χ2v) is 9.80. The van der Waals surface area contributed by atoms with Crippen LogP contribution in [0.15, 0.2) is 53.4 Å². The van der Waals surface area contributed by atoms with Gasteiger partial charge in [-0.15, -0.1) is 0 Å². The summed E-state index contributed by atoms with van der Waals surface area (Å²) < 4.78 is 25.6. The Hall–Kier alpha value is -2.91. The number of nitrogens with one attached hydrogen (secondary N) is 2. The van der Waals surface area contributed by atoms with Crippen molar-refractivity contribution in [1.29, 1.82) is 0 Å². The van der Waals surface area contributed by atoms with Crippen molar-refractivity contribution in [3.8, 4) is 0 Å². The Kier molecular flexibility index (Phi) is 7.29. The number of carbonyl (C=O) groups excluding carboxylic acids is 2. The van der Waals surface area contributed by atoms with Gasteiger partial charge in [0.05, 0.1) is 11.4 Å². The molecule has 1 heterocycles. The van der Waals surface area contributed by atoms with Crippen LogP contribution in [0.5, 0.6) is 0 Å². The summed E-state index contributed by atoms with van der Waals surface area (Å²) >= 11 is 0. The van der Waals surface area contributed by atoms with E-state index in [2.05, 4.69) is 15.5 Å². The highest BCUT2D eigenvalue weighted by atomic mass is 32.2. The standard InChI is InChI=1S/C22H28N4O4S/c1-25(2)31(29,30)20-11-6-8-17(14-20)22(28)23-16-21(27)24-18-9-7-10-19(15-18)26-12-4-3-5-13-26/h6-11,14-15H,3-5,12-13,16H2,1-2H3,(H,23,28)(H,24,27). The van der Waals surface area contributed by atoms with Gasteiger partial charge in [-0.25, -0.2) is 12.7 Å². The number of amides is 2. The van der Waals surface area contributed by atoms with Crippen LogP contribution >= 0.6 is 0 Å². The molecule has 31 heavy (non-hydrogen) atoms. The van der Waals surface area contributed by atoms with Crippen LogP contribution in [0.1, 0.15) is 29.6 Å². The Morgan fingerprint density at radius 1 is 1.00 bits per heavy atom. The Labute approximate surface area is 183 Å². The first kappa shape index (κ1) is 22.8. The molecule has 1 aliphatic heterocycles. The molecule has 0 saturated carbocycles. The zero-order chi connectivity index (χ0) is 22.4. The summed E-state index contributed by atoms with van der Waals surface area (Å²) in [4.78, 5) is 27.0. The second-order valence-electron chi connectivity index (χ2n) is 7.64. The maximum Gasteiger partial charge on any atom is 0.251 e. The highest BCUT2D eigenvalue weighted by Gasteiger charge is 2.19. The lowest BCUT2D eigenvalue weighted by atomic mass is 10.1. The summed E-state index contributed by atoms with van der Waals surface area (Å²) in [6.07, 6.45) is 3.58. The molecule has 2 amide bonds. The Morgan fingerprint density at radius 3 is 2.42 bits per heavy atom. The Balaban J connectivity index is 1.58. The van der Waals surface area contributed by atoms with E-state index >= 15 is 0 Å². The lowest BCUT2D eigenvalue weighted by Crippen LogP contribution is -2.33. The van der Waals surface area contributed by atoms with Gasteiger partial charge >= 0.3 is 0 Å². The summed E-state index contributed by atoms with van der Waals surface area (Å²) in [7, 11) is -0.802. The molecule has 2 aromatic carbocycles. The molecule has 0 bridgehead atoms. The Bertz CT molecular complexity index is 1050. The van der Waals surface area contributed by atoms with E-state index in [4.69, 9.17) is 0 Å². The molecule has 1 aliphatic rings. The predicted molar refractivity (Wildman–Crippen MR) is 121 cm³/mol. The number of hydrogen-bond acceptors (Lipinski definition) is 5. The summed E-state index contributed by atoms with van der Waals surface area (Å²) in [5.41, 5.74) is 1.91. The molecule has 1 fully saturated rings. The van der Waals surface area contributed by atoms with Gasteiger partial charge < -0.3 is 15.5 Å². The van der Waals surface area contributed by atoms with Gasteiger partial charge in [-0.05, 0) is 55.7 Å². The third kappa shape index (κ3) is 5.83. The minimum absolute atomic E-state index is 0.0177. The summed E-state index contributed by atoms with van der Waals surface area (Å²) in [5.74, 6) is -0.880. The molecule has 1 saturated heterocycles. The van der Waals surface area contributed by atoms with Crippen molar-refractivity contribution in [2.24, 2.45) is 0 Å². The van der Waals surface area contributed by atoms with Crippen molar-refractivity contribution in [2.75, 3.05) is 43.9 Å². The average Bonchev–Trinajstić information content (AvgIpc) is 2.78. The smallest absolute Gasteiger partial charge is 0.251 e. The number of benzene rings is 2. The molecule has 2 N–H and O–H groups in total. The van der Waals surface area contributed by atoms with E-state index in [1.807, 2.05) is 24.3 Å². The molecule has 0 aliphatic carbocycles. The molecule has 0 radical (unpaired) electrons. The second kappa shape index (κ2) is 9.93. The predicted octanol–water partition coefficient (Wildman–Crippen LogP) is 2.30. The van der Waals surface area contributed by atoms with Gasteiger partial charge in [0.25, 0.3) is 5.91 Å². The molecule has 0 aromatic heterocycles. The summed E-state index contributed by atoms with van der Waals surface area (Å²) in [6.45, 7) is 1.80. The van der Waals surface area contributed by atoms with Gasteiger partial charge in [0.2, 0.25) is 15.9 Å². The summed E-state index contributed by atoms with van der Waals surface area (Å²) in [6, 6.07) is 13.4. The molecule has 8 nitrogen and oxygen atoms in total. The molecule has 166 valence electrons. The van der Waals surface area contributed by atoms with E-state index in [-0.39, 0.29) is 22.9 Å². The lowest BCUT2D eigenvalue weighted by molar-refractivity contribution is -0.115. The average molecular weight is 445 g/mol. The quantitative estimate of drug-likeness (QED) is 0.683. The molecule has 9 heteroatoms. The van der Waals surface area contributed by atoms with Crippen molar-refractivity contribution >= 4 is 33.2 Å². The van der Waals surface area contributed by atoms with Crippen molar-refractivity contribution in [1.82, 2.24) is 9.62 Å². The first-order chi connectivity index (χ1) is 14.8. The van der Waals surface area contributed by atoms with Gasteiger partial charge in [-0.3, -0.25) is 9.59 Å². The molecule has 0 spiro atoms. The van der Waals surface area contributed by atoms with Crippen LogP contribution in [-0.4, -0.2) is 58.3 Å². The van der Waals surface area contributed by atoms with E-state index in [0.29, 0.717) is 5.69 Å². The highest BCUT2D eigenvalue weighted by Crippen LogP contribution is 2.23. The molecule has 0 atom stereocenters. The SMILES string of the molecule is CN(C)S(=O)(=O)c1cccc(C(=O)NCC(=O)Nc2cccc(N3CCCCC3)c2)c1. The van der Waals surface area contributed by atoms with E-state index in [1.165, 1.54) is 57.6 Å². The number of piperidine rings is 1. The van der Waals surface area contributed by atoms with E-state index in [9.17, 15) is 18.0 Å². The number of nitrogens with zero attached hydrogens (tertiary/aromatic N) is 2. The highest BCUT2D eigenvalue weighted by molar-refractivity contribution is 7.89. The molecule has 3 rings (SSSR count). The number of sulfonamides is 1. The third-order valence-electron chi connectivity index (χ3n) is 5.14. The third-order valence-corrected chi connectivity index (χ3v) is 6.95. The fourth-order valence-corrected chi connectivity index (χ4v) is 4.36. The number of anilines is 2. The maximum absolute atomic E-state index is 12.4. The molecular weight excluding hydrogens is 416 g/mol. The van der Waals surface area contributed by atoms with E-state index in [0.717, 1.165) is 23.1 Å². The van der Waals surface area contributed by atoms with E-state index < -0.39 is 15.9 Å². The minimum Gasteiger partial charge on any atom is -0.371 e. The zero-order valence-electron chi connectivity index (χ0n) is 17.8. The van der Waals surface area contributed by atoms with Crippen LogP contribution < -0.4 is 15.5 Å². The van der Waals surface area contributed by atoms with Crippen LogP contribution in [0.25, 0.3) is 0 Å².